The average molecular weight is 290 g/mol. The predicted molar refractivity (Wildman–Crippen MR) is 75.5 cm³/mol. The lowest BCUT2D eigenvalue weighted by molar-refractivity contribution is 0.0691. The van der Waals surface area contributed by atoms with Crippen LogP contribution >= 0.6 is 0 Å². The number of aromatic carboxylic acids is 1. The highest BCUT2D eigenvalue weighted by atomic mass is 16.5. The quantitative estimate of drug-likeness (QED) is 0.931. The maximum Gasteiger partial charge on any atom is 0.339 e. The molecule has 0 aliphatic heterocycles. The number of benzene rings is 1. The van der Waals surface area contributed by atoms with Crippen molar-refractivity contribution in [2.24, 2.45) is 0 Å². The summed E-state index contributed by atoms with van der Waals surface area (Å²) in [5, 5.41) is 13.1. The Hall–Kier alpha value is -2.37. The summed E-state index contributed by atoms with van der Waals surface area (Å²) >= 11 is 0. The van der Waals surface area contributed by atoms with Crippen molar-refractivity contribution in [1.29, 1.82) is 0 Å². The lowest BCUT2D eigenvalue weighted by atomic mass is 9.96. The number of rotatable bonds is 4. The topological polar surface area (TPSA) is 85.5 Å². The second kappa shape index (κ2) is 5.55. The molecule has 6 heteroatoms. The maximum atomic E-state index is 11.2. The Kier molecular flexibility index (Phi) is 3.97. The van der Waals surface area contributed by atoms with E-state index in [1.807, 2.05) is 27.7 Å². The van der Waals surface area contributed by atoms with Gasteiger partial charge in [0.25, 0.3) is 5.89 Å². The van der Waals surface area contributed by atoms with Gasteiger partial charge in [-0.2, -0.15) is 4.98 Å². The zero-order valence-corrected chi connectivity index (χ0v) is 12.5. The minimum absolute atomic E-state index is 0.0341. The van der Waals surface area contributed by atoms with Crippen LogP contribution in [0.3, 0.4) is 0 Å². The average Bonchev–Trinajstić information content (AvgIpc) is 2.85. The molecular formula is C15H18N2O4. The first-order valence-corrected chi connectivity index (χ1v) is 6.57. The van der Waals surface area contributed by atoms with Crippen LogP contribution in [0.5, 0.6) is 5.75 Å². The molecule has 0 aliphatic rings. The van der Waals surface area contributed by atoms with Gasteiger partial charge >= 0.3 is 5.97 Å². The normalized spacial score (nSPS) is 11.4. The number of carboxylic acid groups (broad SMARTS) is 1. The predicted octanol–water partition coefficient (Wildman–Crippen LogP) is 2.95. The first-order chi connectivity index (χ1) is 9.77. The summed E-state index contributed by atoms with van der Waals surface area (Å²) in [6.45, 7) is 7.79. The summed E-state index contributed by atoms with van der Waals surface area (Å²) in [5.74, 6) is 0.151. The number of aromatic nitrogens is 2. The van der Waals surface area contributed by atoms with Gasteiger partial charge < -0.3 is 14.4 Å². The molecule has 21 heavy (non-hydrogen) atoms. The molecule has 0 spiro atoms. The summed E-state index contributed by atoms with van der Waals surface area (Å²) < 4.78 is 10.6. The zero-order valence-electron chi connectivity index (χ0n) is 12.5. The van der Waals surface area contributed by atoms with Crippen molar-refractivity contribution in [3.63, 3.8) is 0 Å². The van der Waals surface area contributed by atoms with Gasteiger partial charge in [0.2, 0.25) is 0 Å². The van der Waals surface area contributed by atoms with Crippen LogP contribution < -0.4 is 4.74 Å². The largest absolute Gasteiger partial charge is 0.483 e. The Bertz CT molecular complexity index is 656. The summed E-state index contributed by atoms with van der Waals surface area (Å²) in [4.78, 5) is 15.4. The van der Waals surface area contributed by atoms with Gasteiger partial charge in [-0.25, -0.2) is 4.79 Å². The fourth-order valence-electron chi connectivity index (χ4n) is 1.69. The van der Waals surface area contributed by atoms with Crippen LogP contribution in [0.25, 0.3) is 0 Å². The molecular weight excluding hydrogens is 272 g/mol. The van der Waals surface area contributed by atoms with Crippen molar-refractivity contribution in [2.45, 2.75) is 39.7 Å². The van der Waals surface area contributed by atoms with Crippen LogP contribution in [-0.2, 0) is 12.0 Å². The zero-order chi connectivity index (χ0) is 15.6. The van der Waals surface area contributed by atoms with E-state index in [2.05, 4.69) is 10.1 Å². The SMILES string of the molecule is Cc1ccc(OCc2nc(C(C)(C)C)no2)c(C(=O)O)c1. The number of hydrogen-bond donors (Lipinski definition) is 1. The Balaban J connectivity index is 2.13. The molecule has 0 amide bonds. The molecule has 1 N–H and O–H groups in total. The molecule has 2 rings (SSSR count). The van der Waals surface area contributed by atoms with Crippen molar-refractivity contribution in [1.82, 2.24) is 10.1 Å². The second-order valence-electron chi connectivity index (χ2n) is 5.86. The maximum absolute atomic E-state index is 11.2. The van der Waals surface area contributed by atoms with Crippen molar-refractivity contribution >= 4 is 5.97 Å². The van der Waals surface area contributed by atoms with Crippen molar-refractivity contribution in [3.05, 3.63) is 41.0 Å². The highest BCUT2D eigenvalue weighted by Crippen LogP contribution is 2.22. The molecule has 0 radical (unpaired) electrons. The number of ether oxygens (including phenoxy) is 1. The van der Waals surface area contributed by atoms with E-state index < -0.39 is 5.97 Å². The number of hydrogen-bond acceptors (Lipinski definition) is 5. The van der Waals surface area contributed by atoms with Crippen LogP contribution in [0, 0.1) is 6.92 Å². The molecule has 1 aromatic heterocycles. The third kappa shape index (κ3) is 3.59. The van der Waals surface area contributed by atoms with Gasteiger partial charge in [-0.15, -0.1) is 0 Å². The summed E-state index contributed by atoms with van der Waals surface area (Å²) in [5.41, 5.74) is 0.760. The monoisotopic (exact) mass is 290 g/mol. The highest BCUT2D eigenvalue weighted by Gasteiger charge is 2.21. The minimum Gasteiger partial charge on any atom is -0.483 e. The standard InChI is InChI=1S/C15H18N2O4/c1-9-5-6-11(10(7-9)13(18)19)20-8-12-16-14(17-21-12)15(2,3)4/h5-7H,8H2,1-4H3,(H,18,19). The van der Waals surface area contributed by atoms with Crippen LogP contribution in [0.15, 0.2) is 22.7 Å². The summed E-state index contributed by atoms with van der Waals surface area (Å²) in [6, 6.07) is 4.97. The molecule has 0 bridgehead atoms. The molecule has 112 valence electrons. The second-order valence-corrected chi connectivity index (χ2v) is 5.86. The Morgan fingerprint density at radius 2 is 2.10 bits per heavy atom. The van der Waals surface area contributed by atoms with Gasteiger partial charge in [0.05, 0.1) is 0 Å². The van der Waals surface area contributed by atoms with E-state index >= 15 is 0 Å². The van der Waals surface area contributed by atoms with Crippen molar-refractivity contribution < 1.29 is 19.2 Å². The van der Waals surface area contributed by atoms with E-state index in [9.17, 15) is 4.79 Å². The molecule has 2 aromatic rings. The van der Waals surface area contributed by atoms with Gasteiger partial charge in [-0.3, -0.25) is 0 Å². The molecule has 1 aromatic carbocycles. The van der Waals surface area contributed by atoms with E-state index in [0.717, 1.165) is 5.56 Å². The third-order valence-electron chi connectivity index (χ3n) is 2.86. The molecule has 1 heterocycles. The van der Waals surface area contributed by atoms with Crippen molar-refractivity contribution in [3.8, 4) is 5.75 Å². The van der Waals surface area contributed by atoms with Gasteiger partial charge in [0.1, 0.15) is 11.3 Å². The van der Waals surface area contributed by atoms with Crippen LogP contribution in [0.2, 0.25) is 0 Å². The van der Waals surface area contributed by atoms with E-state index in [0.29, 0.717) is 11.7 Å². The van der Waals surface area contributed by atoms with Gasteiger partial charge in [0.15, 0.2) is 12.4 Å². The summed E-state index contributed by atoms with van der Waals surface area (Å²) in [6.07, 6.45) is 0. The fourth-order valence-corrected chi connectivity index (χ4v) is 1.69. The van der Waals surface area contributed by atoms with Gasteiger partial charge in [0, 0.05) is 5.41 Å². The molecule has 6 nitrogen and oxygen atoms in total. The lowest BCUT2D eigenvalue weighted by Crippen LogP contribution is -2.13. The Labute approximate surface area is 122 Å². The third-order valence-corrected chi connectivity index (χ3v) is 2.86. The number of aryl methyl sites for hydroxylation is 1. The smallest absolute Gasteiger partial charge is 0.339 e. The van der Waals surface area contributed by atoms with Gasteiger partial charge in [-0.1, -0.05) is 37.6 Å². The Morgan fingerprint density at radius 3 is 2.67 bits per heavy atom. The summed E-state index contributed by atoms with van der Waals surface area (Å²) in [7, 11) is 0. The van der Waals surface area contributed by atoms with E-state index in [-0.39, 0.29) is 23.3 Å². The first-order valence-electron chi connectivity index (χ1n) is 6.57. The first kappa shape index (κ1) is 15.0. The van der Waals surface area contributed by atoms with E-state index in [1.54, 1.807) is 18.2 Å². The van der Waals surface area contributed by atoms with Crippen LogP contribution in [0.1, 0.15) is 48.4 Å². The number of carbonyl (C=O) groups is 1. The minimum atomic E-state index is -1.03. The van der Waals surface area contributed by atoms with Crippen LogP contribution in [-0.4, -0.2) is 21.2 Å². The van der Waals surface area contributed by atoms with E-state index in [1.165, 1.54) is 0 Å². The van der Waals surface area contributed by atoms with Gasteiger partial charge in [-0.05, 0) is 19.1 Å². The molecule has 0 saturated heterocycles. The fraction of sp³-hybridized carbons (Fsp3) is 0.400. The highest BCUT2D eigenvalue weighted by molar-refractivity contribution is 5.91. The van der Waals surface area contributed by atoms with Crippen LogP contribution in [0.4, 0.5) is 0 Å². The molecule has 0 atom stereocenters. The van der Waals surface area contributed by atoms with Crippen molar-refractivity contribution in [2.75, 3.05) is 0 Å². The van der Waals surface area contributed by atoms with E-state index in [4.69, 9.17) is 14.4 Å². The molecule has 0 saturated carbocycles. The Morgan fingerprint density at radius 1 is 1.38 bits per heavy atom. The molecule has 0 fully saturated rings. The molecule has 0 aliphatic carbocycles. The number of nitrogens with zero attached hydrogens (tertiary/aromatic N) is 2. The lowest BCUT2D eigenvalue weighted by Gasteiger charge is -2.11. The number of carboxylic acids is 1. The molecule has 0 unspecified atom stereocenters.